The third kappa shape index (κ3) is 4.67. The van der Waals surface area contributed by atoms with E-state index < -0.39 is 0 Å². The Kier molecular flexibility index (Phi) is 5.92. The van der Waals surface area contributed by atoms with Gasteiger partial charge in [0, 0.05) is 11.5 Å². The molecule has 1 aliphatic carbocycles. The second kappa shape index (κ2) is 9.11. The van der Waals surface area contributed by atoms with E-state index in [1.807, 2.05) is 6.07 Å². The average Bonchev–Trinajstić information content (AvgIpc) is 2.81. The fraction of sp³-hybridized carbons (Fsp3) is 0.111. The monoisotopic (exact) mass is 376 g/mol. The van der Waals surface area contributed by atoms with Crippen LogP contribution in [0.5, 0.6) is 0 Å². The standard InChI is InChI=1S/C27H24N2/c1-28-27(26-18-16-25(17-19-26)23-10-6-3-7-11-23)29-20-21-12-14-24(15-13-21)22-8-4-2-5-9-22/h2-14,16-19,24H,1,15,20H2. The summed E-state index contributed by atoms with van der Waals surface area (Å²) >= 11 is 0. The maximum Gasteiger partial charge on any atom is 0.154 e. The van der Waals surface area contributed by atoms with E-state index in [1.54, 1.807) is 0 Å². The molecule has 4 rings (SSSR count). The second-order valence-electron chi connectivity index (χ2n) is 7.13. The first kappa shape index (κ1) is 18.8. The third-order valence-electron chi connectivity index (χ3n) is 5.22. The van der Waals surface area contributed by atoms with Crippen molar-refractivity contribution in [3.05, 3.63) is 120 Å². The molecule has 0 aromatic heterocycles. The molecule has 2 nitrogen and oxygen atoms in total. The quantitative estimate of drug-likeness (QED) is 0.360. The van der Waals surface area contributed by atoms with Crippen LogP contribution in [-0.2, 0) is 0 Å². The van der Waals surface area contributed by atoms with Crippen molar-refractivity contribution in [3.8, 4) is 11.1 Å². The molecule has 142 valence electrons. The highest BCUT2D eigenvalue weighted by Crippen LogP contribution is 2.26. The zero-order chi connectivity index (χ0) is 19.9. The Bertz CT molecular complexity index is 1040. The molecule has 29 heavy (non-hydrogen) atoms. The van der Waals surface area contributed by atoms with Crippen molar-refractivity contribution in [3.63, 3.8) is 0 Å². The summed E-state index contributed by atoms with van der Waals surface area (Å²) in [4.78, 5) is 8.86. The Morgan fingerprint density at radius 2 is 1.48 bits per heavy atom. The number of allylic oxidation sites excluding steroid dienone is 2. The lowest BCUT2D eigenvalue weighted by Gasteiger charge is -2.16. The molecule has 0 amide bonds. The molecule has 1 unspecified atom stereocenters. The van der Waals surface area contributed by atoms with Crippen molar-refractivity contribution in [2.75, 3.05) is 6.54 Å². The van der Waals surface area contributed by atoms with Crippen LogP contribution in [0, 0.1) is 0 Å². The van der Waals surface area contributed by atoms with Crippen molar-refractivity contribution >= 4 is 12.6 Å². The van der Waals surface area contributed by atoms with Gasteiger partial charge in [-0.15, -0.1) is 0 Å². The van der Waals surface area contributed by atoms with E-state index in [1.165, 1.54) is 22.3 Å². The van der Waals surface area contributed by atoms with Crippen molar-refractivity contribution in [2.24, 2.45) is 9.98 Å². The Morgan fingerprint density at radius 3 is 2.10 bits per heavy atom. The number of aliphatic imine (C=N–C) groups is 2. The second-order valence-corrected chi connectivity index (χ2v) is 7.13. The van der Waals surface area contributed by atoms with Crippen LogP contribution in [0.4, 0.5) is 0 Å². The van der Waals surface area contributed by atoms with Gasteiger partial charge in [-0.05, 0) is 35.4 Å². The van der Waals surface area contributed by atoms with E-state index in [9.17, 15) is 0 Å². The van der Waals surface area contributed by atoms with Gasteiger partial charge in [0.05, 0.1) is 6.54 Å². The molecule has 0 fully saturated rings. The molecule has 3 aromatic carbocycles. The number of amidine groups is 1. The molecule has 0 heterocycles. The highest BCUT2D eigenvalue weighted by molar-refractivity contribution is 6.01. The first-order valence-electron chi connectivity index (χ1n) is 9.93. The SMILES string of the molecule is C=NC(=NCC1=CCC(c2ccccc2)C=C1)c1ccc(-c2ccccc2)cc1. The summed E-state index contributed by atoms with van der Waals surface area (Å²) in [7, 11) is 0. The molecule has 0 aliphatic heterocycles. The summed E-state index contributed by atoms with van der Waals surface area (Å²) in [6.07, 6.45) is 7.74. The minimum Gasteiger partial charge on any atom is -0.261 e. The maximum absolute atomic E-state index is 4.70. The van der Waals surface area contributed by atoms with Crippen molar-refractivity contribution in [1.82, 2.24) is 0 Å². The van der Waals surface area contributed by atoms with Gasteiger partial charge in [0.25, 0.3) is 0 Å². The van der Waals surface area contributed by atoms with Gasteiger partial charge in [-0.2, -0.15) is 0 Å². The Morgan fingerprint density at radius 1 is 0.828 bits per heavy atom. The normalized spacial score (nSPS) is 16.3. The Balaban J connectivity index is 1.43. The van der Waals surface area contributed by atoms with Crippen LogP contribution in [0.25, 0.3) is 11.1 Å². The van der Waals surface area contributed by atoms with Gasteiger partial charge in [0.2, 0.25) is 0 Å². The maximum atomic E-state index is 4.70. The molecule has 0 saturated heterocycles. The molecular formula is C27H24N2. The van der Waals surface area contributed by atoms with Crippen LogP contribution in [-0.4, -0.2) is 19.1 Å². The predicted octanol–water partition coefficient (Wildman–Crippen LogP) is 6.47. The largest absolute Gasteiger partial charge is 0.261 e. The van der Waals surface area contributed by atoms with E-state index in [-0.39, 0.29) is 0 Å². The van der Waals surface area contributed by atoms with E-state index in [4.69, 9.17) is 4.99 Å². The van der Waals surface area contributed by atoms with Gasteiger partial charge in [0.1, 0.15) is 0 Å². The fourth-order valence-electron chi connectivity index (χ4n) is 3.57. The first-order chi connectivity index (χ1) is 14.3. The van der Waals surface area contributed by atoms with Crippen molar-refractivity contribution in [1.29, 1.82) is 0 Å². The smallest absolute Gasteiger partial charge is 0.154 e. The highest BCUT2D eigenvalue weighted by atomic mass is 14.9. The number of hydrogen-bond acceptors (Lipinski definition) is 1. The van der Waals surface area contributed by atoms with Gasteiger partial charge in [-0.25, -0.2) is 4.99 Å². The van der Waals surface area contributed by atoms with Crippen LogP contribution in [0.3, 0.4) is 0 Å². The molecule has 2 heteroatoms. The molecule has 0 spiro atoms. The van der Waals surface area contributed by atoms with Gasteiger partial charge < -0.3 is 0 Å². The summed E-state index contributed by atoms with van der Waals surface area (Å²) in [5.41, 5.74) is 5.95. The summed E-state index contributed by atoms with van der Waals surface area (Å²) in [6, 6.07) is 29.3. The molecule has 0 radical (unpaired) electrons. The fourth-order valence-corrected chi connectivity index (χ4v) is 3.57. The average molecular weight is 377 g/mol. The van der Waals surface area contributed by atoms with Crippen LogP contribution in [0.1, 0.15) is 23.5 Å². The lowest BCUT2D eigenvalue weighted by atomic mass is 9.90. The van der Waals surface area contributed by atoms with Crippen LogP contribution < -0.4 is 0 Å². The first-order valence-corrected chi connectivity index (χ1v) is 9.93. The number of hydrogen-bond donors (Lipinski definition) is 0. The molecule has 1 atom stereocenters. The lowest BCUT2D eigenvalue weighted by Crippen LogP contribution is -2.02. The molecule has 0 bridgehead atoms. The summed E-state index contributed by atoms with van der Waals surface area (Å²) in [5.74, 6) is 1.13. The van der Waals surface area contributed by atoms with E-state index >= 15 is 0 Å². The predicted molar refractivity (Wildman–Crippen MR) is 124 cm³/mol. The van der Waals surface area contributed by atoms with E-state index in [0.717, 1.165) is 12.0 Å². The summed E-state index contributed by atoms with van der Waals surface area (Å²) < 4.78 is 0. The zero-order valence-electron chi connectivity index (χ0n) is 16.4. The van der Waals surface area contributed by atoms with Crippen molar-refractivity contribution < 1.29 is 0 Å². The van der Waals surface area contributed by atoms with Crippen LogP contribution in [0.2, 0.25) is 0 Å². The van der Waals surface area contributed by atoms with Crippen molar-refractivity contribution in [2.45, 2.75) is 12.3 Å². The summed E-state index contributed by atoms with van der Waals surface area (Å²) in [6.45, 7) is 4.33. The van der Waals surface area contributed by atoms with E-state index in [2.05, 4.69) is 109 Å². The topological polar surface area (TPSA) is 24.7 Å². The van der Waals surface area contributed by atoms with Gasteiger partial charge >= 0.3 is 0 Å². The summed E-state index contributed by atoms with van der Waals surface area (Å²) in [5, 5.41) is 0. The van der Waals surface area contributed by atoms with E-state index in [0.29, 0.717) is 18.3 Å². The Labute approximate surface area is 172 Å². The number of rotatable bonds is 5. The van der Waals surface area contributed by atoms with Gasteiger partial charge in [0.15, 0.2) is 5.84 Å². The molecule has 3 aromatic rings. The molecular weight excluding hydrogens is 352 g/mol. The highest BCUT2D eigenvalue weighted by Gasteiger charge is 2.11. The Hall–Kier alpha value is -3.52. The van der Waals surface area contributed by atoms with Gasteiger partial charge in [-0.3, -0.25) is 4.99 Å². The molecule has 0 N–H and O–H groups in total. The minimum atomic E-state index is 0.450. The zero-order valence-corrected chi connectivity index (χ0v) is 16.4. The lowest BCUT2D eigenvalue weighted by molar-refractivity contribution is 0.840. The van der Waals surface area contributed by atoms with Crippen LogP contribution >= 0.6 is 0 Å². The number of nitrogens with zero attached hydrogens (tertiary/aromatic N) is 2. The molecule has 0 saturated carbocycles. The van der Waals surface area contributed by atoms with Gasteiger partial charge in [-0.1, -0.05) is 103 Å². The number of benzene rings is 3. The molecule has 1 aliphatic rings. The third-order valence-corrected chi connectivity index (χ3v) is 5.22. The minimum absolute atomic E-state index is 0.450. The van der Waals surface area contributed by atoms with Crippen LogP contribution in [0.15, 0.2) is 119 Å².